The molecule has 0 saturated heterocycles. The summed E-state index contributed by atoms with van der Waals surface area (Å²) in [5.41, 5.74) is 0. The van der Waals surface area contributed by atoms with E-state index in [9.17, 15) is 14.4 Å². The lowest BCUT2D eigenvalue weighted by molar-refractivity contribution is -0.149. The van der Waals surface area contributed by atoms with Crippen molar-refractivity contribution < 1.29 is 23.9 Å². The lowest BCUT2D eigenvalue weighted by atomic mass is 10.3. The average Bonchev–Trinajstić information content (AvgIpc) is 2.16. The minimum absolute atomic E-state index is 0.142. The van der Waals surface area contributed by atoms with Crippen molar-refractivity contribution in [3.63, 3.8) is 0 Å². The summed E-state index contributed by atoms with van der Waals surface area (Å²) in [6, 6.07) is 0. The van der Waals surface area contributed by atoms with Crippen molar-refractivity contribution >= 4 is 28.8 Å². The van der Waals surface area contributed by atoms with Crippen LogP contribution in [0.25, 0.3) is 0 Å². The van der Waals surface area contributed by atoms with Crippen molar-refractivity contribution in [3.8, 4) is 0 Å². The number of carbonyl (C=O) groups excluding carboxylic acids is 3. The molecule has 0 bridgehead atoms. The van der Waals surface area contributed by atoms with E-state index in [2.05, 4.69) is 0 Å². The third-order valence-electron chi connectivity index (χ3n) is 1.52. The van der Waals surface area contributed by atoms with Gasteiger partial charge >= 0.3 is 11.9 Å². The molecule has 0 radical (unpaired) electrons. The quantitative estimate of drug-likeness (QED) is 0.657. The van der Waals surface area contributed by atoms with E-state index in [1.54, 1.807) is 13.8 Å². The van der Waals surface area contributed by atoms with Crippen molar-refractivity contribution in [3.05, 3.63) is 0 Å². The lowest BCUT2D eigenvalue weighted by Gasteiger charge is -2.12. The van der Waals surface area contributed by atoms with Gasteiger partial charge in [-0.05, 0) is 13.8 Å². The zero-order valence-electron chi connectivity index (χ0n) is 9.65. The van der Waals surface area contributed by atoms with Gasteiger partial charge in [0, 0.05) is 6.92 Å². The molecule has 0 aliphatic heterocycles. The number of hydrogen-bond acceptors (Lipinski definition) is 6. The third-order valence-corrected chi connectivity index (χ3v) is 2.49. The largest absolute Gasteiger partial charge is 0.466 e. The number of ether oxygens (including phenoxy) is 2. The Hall–Kier alpha value is -1.04. The van der Waals surface area contributed by atoms with Crippen LogP contribution in [0.15, 0.2) is 0 Å². The molecule has 0 spiro atoms. The maximum Gasteiger partial charge on any atom is 0.320 e. The molecule has 0 aliphatic rings. The summed E-state index contributed by atoms with van der Waals surface area (Å²) in [6.07, 6.45) is -0.142. The molecular weight excluding hydrogens is 232 g/mol. The summed E-state index contributed by atoms with van der Waals surface area (Å²) in [4.78, 5) is 33.5. The molecule has 6 heteroatoms. The zero-order valence-corrected chi connectivity index (χ0v) is 10.5. The van der Waals surface area contributed by atoms with E-state index in [4.69, 9.17) is 9.47 Å². The molecule has 0 aromatic rings. The molecule has 0 saturated carbocycles. The highest BCUT2D eigenvalue weighted by Gasteiger charge is 2.26. The molecule has 0 N–H and O–H groups in total. The Balaban J connectivity index is 4.36. The molecule has 0 heterocycles. The van der Waals surface area contributed by atoms with Crippen LogP contribution in [0.4, 0.5) is 0 Å². The van der Waals surface area contributed by atoms with Gasteiger partial charge in [-0.15, -0.1) is 0 Å². The predicted octanol–water partition coefficient (Wildman–Crippen LogP) is 1.15. The second kappa shape index (κ2) is 8.15. The van der Waals surface area contributed by atoms with E-state index in [-0.39, 0.29) is 24.7 Å². The molecule has 0 fully saturated rings. The second-order valence-electron chi connectivity index (χ2n) is 2.86. The van der Waals surface area contributed by atoms with Crippen LogP contribution in [0.2, 0.25) is 0 Å². The first kappa shape index (κ1) is 15.0. The van der Waals surface area contributed by atoms with E-state index in [0.29, 0.717) is 0 Å². The summed E-state index contributed by atoms with van der Waals surface area (Å²) >= 11 is 0.788. The Labute approximate surface area is 98.9 Å². The summed E-state index contributed by atoms with van der Waals surface area (Å²) in [5.74, 6) is -1.06. The molecule has 0 unspecified atom stereocenters. The summed E-state index contributed by atoms with van der Waals surface area (Å²) < 4.78 is 9.48. The van der Waals surface area contributed by atoms with Crippen LogP contribution in [-0.2, 0) is 23.9 Å². The Kier molecular flexibility index (Phi) is 7.62. The first-order chi connectivity index (χ1) is 7.51. The Morgan fingerprint density at radius 3 is 2.12 bits per heavy atom. The minimum Gasteiger partial charge on any atom is -0.466 e. The second-order valence-corrected chi connectivity index (χ2v) is 4.24. The lowest BCUT2D eigenvalue weighted by Crippen LogP contribution is -2.25. The summed E-state index contributed by atoms with van der Waals surface area (Å²) in [6.45, 7) is 5.14. The molecule has 92 valence electrons. The monoisotopic (exact) mass is 248 g/mol. The topological polar surface area (TPSA) is 69.7 Å². The van der Waals surface area contributed by atoms with Crippen LogP contribution in [-0.4, -0.2) is 35.5 Å². The summed E-state index contributed by atoms with van der Waals surface area (Å²) in [7, 11) is 0. The highest BCUT2D eigenvalue weighted by molar-refractivity contribution is 8.14. The van der Waals surface area contributed by atoms with Crippen molar-refractivity contribution in [1.29, 1.82) is 0 Å². The smallest absolute Gasteiger partial charge is 0.320 e. The molecule has 0 aliphatic carbocycles. The summed E-state index contributed by atoms with van der Waals surface area (Å²) in [5, 5.41) is -1.04. The Bertz CT molecular complexity index is 264. The maximum atomic E-state index is 11.4. The van der Waals surface area contributed by atoms with E-state index in [0.717, 1.165) is 11.8 Å². The highest BCUT2D eigenvalue weighted by atomic mass is 32.2. The van der Waals surface area contributed by atoms with Crippen molar-refractivity contribution in [1.82, 2.24) is 0 Å². The number of rotatable bonds is 6. The molecule has 0 aromatic carbocycles. The number of carbonyl (C=O) groups is 3. The predicted molar refractivity (Wildman–Crippen MR) is 59.9 cm³/mol. The average molecular weight is 248 g/mol. The number of esters is 2. The van der Waals surface area contributed by atoms with Crippen LogP contribution in [0.1, 0.15) is 27.2 Å². The van der Waals surface area contributed by atoms with Gasteiger partial charge in [0.15, 0.2) is 5.12 Å². The van der Waals surface area contributed by atoms with E-state index in [1.807, 2.05) is 0 Å². The SMILES string of the molecule is CCOC(=O)C[C@H](SC(C)=O)C(=O)OCC. The van der Waals surface area contributed by atoms with Gasteiger partial charge in [-0.2, -0.15) is 0 Å². The van der Waals surface area contributed by atoms with Crippen LogP contribution in [0, 0.1) is 0 Å². The van der Waals surface area contributed by atoms with Crippen molar-refractivity contribution in [2.24, 2.45) is 0 Å². The van der Waals surface area contributed by atoms with E-state index < -0.39 is 17.2 Å². The van der Waals surface area contributed by atoms with Gasteiger partial charge in [0.1, 0.15) is 5.25 Å². The van der Waals surface area contributed by atoms with Gasteiger partial charge in [-0.25, -0.2) is 0 Å². The minimum atomic E-state index is -0.809. The van der Waals surface area contributed by atoms with Gasteiger partial charge in [0.25, 0.3) is 0 Å². The molecule has 16 heavy (non-hydrogen) atoms. The van der Waals surface area contributed by atoms with Gasteiger partial charge in [0.2, 0.25) is 0 Å². The van der Waals surface area contributed by atoms with Gasteiger partial charge < -0.3 is 9.47 Å². The van der Waals surface area contributed by atoms with Gasteiger partial charge in [-0.3, -0.25) is 14.4 Å². The Morgan fingerprint density at radius 1 is 1.12 bits per heavy atom. The first-order valence-corrected chi connectivity index (χ1v) is 5.88. The fourth-order valence-corrected chi connectivity index (χ4v) is 1.76. The van der Waals surface area contributed by atoms with Gasteiger partial charge in [0.05, 0.1) is 19.6 Å². The third kappa shape index (κ3) is 6.44. The fraction of sp³-hybridized carbons (Fsp3) is 0.700. The van der Waals surface area contributed by atoms with E-state index in [1.165, 1.54) is 6.92 Å². The number of hydrogen-bond donors (Lipinski definition) is 0. The standard InChI is InChI=1S/C10H16O5S/c1-4-14-9(12)6-8(16-7(3)11)10(13)15-5-2/h8H,4-6H2,1-3H3/t8-/m0/s1. The van der Waals surface area contributed by atoms with Crippen LogP contribution < -0.4 is 0 Å². The normalized spacial score (nSPS) is 11.7. The zero-order chi connectivity index (χ0) is 12.6. The molecule has 0 aromatic heterocycles. The van der Waals surface area contributed by atoms with Crippen molar-refractivity contribution in [2.75, 3.05) is 13.2 Å². The van der Waals surface area contributed by atoms with Crippen LogP contribution in [0.3, 0.4) is 0 Å². The molecular formula is C10H16O5S. The van der Waals surface area contributed by atoms with Gasteiger partial charge in [-0.1, -0.05) is 11.8 Å². The molecule has 0 rings (SSSR count). The molecule has 1 atom stereocenters. The van der Waals surface area contributed by atoms with Crippen molar-refractivity contribution in [2.45, 2.75) is 32.4 Å². The first-order valence-electron chi connectivity index (χ1n) is 5.00. The highest BCUT2D eigenvalue weighted by Crippen LogP contribution is 2.18. The fourth-order valence-electron chi connectivity index (χ4n) is 0.980. The van der Waals surface area contributed by atoms with Crippen LogP contribution in [0.5, 0.6) is 0 Å². The Morgan fingerprint density at radius 2 is 1.69 bits per heavy atom. The molecule has 0 amide bonds. The van der Waals surface area contributed by atoms with Crippen LogP contribution >= 0.6 is 11.8 Å². The molecule has 5 nitrogen and oxygen atoms in total. The van der Waals surface area contributed by atoms with E-state index >= 15 is 0 Å². The number of thioether (sulfide) groups is 1. The maximum absolute atomic E-state index is 11.4.